The van der Waals surface area contributed by atoms with Gasteiger partial charge in [0.15, 0.2) is 10.9 Å². The number of fused-ring (bicyclic) bond motifs is 1. The number of aliphatic carboxylic acids is 1. The fraction of sp³-hybridized carbons (Fsp3) is 0.426. The van der Waals surface area contributed by atoms with E-state index in [2.05, 4.69) is 24.2 Å². The number of hydrogen-bond donors (Lipinski definition) is 4. The Balaban J connectivity index is 0.000000254. The van der Waals surface area contributed by atoms with Gasteiger partial charge in [-0.1, -0.05) is 78.0 Å². The minimum absolute atomic E-state index is 0.0223. The number of carbonyl (C=O) groups is 5. The maximum atomic E-state index is 14.4. The van der Waals surface area contributed by atoms with Gasteiger partial charge in [0.2, 0.25) is 5.91 Å². The molecule has 69 heavy (non-hydrogen) atoms. The first-order valence-electron chi connectivity index (χ1n) is 21.5. The molecule has 4 amide bonds. The number of ether oxygens (including phenoxy) is 3. The van der Waals surface area contributed by atoms with Crippen LogP contribution in [0.2, 0.25) is 5.02 Å². The van der Waals surface area contributed by atoms with Crippen molar-refractivity contribution in [3.63, 3.8) is 0 Å². The minimum atomic E-state index is -4.10. The molecule has 4 N–H and O–H groups in total. The molecule has 16 nitrogen and oxygen atoms in total. The Morgan fingerprint density at radius 3 is 2.20 bits per heavy atom. The van der Waals surface area contributed by atoms with Crippen molar-refractivity contribution in [1.29, 1.82) is 0 Å². The molecule has 0 aromatic heterocycles. The van der Waals surface area contributed by atoms with Crippen LogP contribution in [0, 0.1) is 25.1 Å². The van der Waals surface area contributed by atoms with Crippen LogP contribution in [0.25, 0.3) is 0 Å². The quantitative estimate of drug-likeness (QED) is 0.0520. The molecule has 3 aromatic carbocycles. The van der Waals surface area contributed by atoms with Gasteiger partial charge in [-0.2, -0.15) is 0 Å². The van der Waals surface area contributed by atoms with Gasteiger partial charge < -0.3 is 38.9 Å². The van der Waals surface area contributed by atoms with E-state index in [-0.39, 0.29) is 46.2 Å². The number of alkyl halides is 3. The lowest BCUT2D eigenvalue weighted by Crippen LogP contribution is -2.47. The number of hydrogen-bond acceptors (Lipinski definition) is 10. The summed E-state index contributed by atoms with van der Waals surface area (Å²) in [6, 6.07) is 15.6. The first-order chi connectivity index (χ1) is 32.5. The molecular formula is C47H56Cl4FN4O12P. The van der Waals surface area contributed by atoms with Gasteiger partial charge in [-0.25, -0.2) is 9.29 Å². The number of rotatable bonds is 14. The topological polar surface area (TPSA) is 213 Å². The molecule has 376 valence electrons. The first-order valence-corrected chi connectivity index (χ1v) is 25.1. The van der Waals surface area contributed by atoms with Crippen LogP contribution in [0.4, 0.5) is 21.5 Å². The van der Waals surface area contributed by atoms with E-state index in [1.165, 1.54) is 6.07 Å². The number of benzene rings is 3. The van der Waals surface area contributed by atoms with E-state index in [1.807, 2.05) is 57.2 Å². The van der Waals surface area contributed by atoms with Crippen LogP contribution in [0.15, 0.2) is 65.7 Å². The molecule has 1 aliphatic carbocycles. The van der Waals surface area contributed by atoms with Crippen molar-refractivity contribution < 1.29 is 62.0 Å². The summed E-state index contributed by atoms with van der Waals surface area (Å²) in [6.45, 7) is 10.1. The number of anilines is 3. The second kappa shape index (κ2) is 27.6. The van der Waals surface area contributed by atoms with Crippen molar-refractivity contribution in [3.05, 3.63) is 87.7 Å². The fourth-order valence-corrected chi connectivity index (χ4v) is 8.27. The highest BCUT2D eigenvalue weighted by Crippen LogP contribution is 2.40. The highest BCUT2D eigenvalue weighted by atomic mass is 35.5. The molecule has 0 fully saturated rings. The normalized spacial score (nSPS) is 15.9. The SMILES string of the molecule is C#CC(C)Oc1cc(N2C(=O)C3=C(CCCC3)C2=O)c(F)cc1Cl.CC1COc2ccccc2N1C(=O)C(Cl)Cl.CCc1cccc(C)c1N(C(=O)CCl)C(C)COC.O=C(O)CNCP(=O)(O)O. The molecule has 2 heterocycles. The molecule has 0 radical (unpaired) electrons. The number of methoxy groups -OCH3 is 1. The fourth-order valence-electron chi connectivity index (χ4n) is 7.33. The summed E-state index contributed by atoms with van der Waals surface area (Å²) in [5.41, 5.74) is 4.74. The average Bonchev–Trinajstić information content (AvgIpc) is 3.55. The molecule has 0 saturated carbocycles. The zero-order chi connectivity index (χ0) is 51.7. The minimum Gasteiger partial charge on any atom is -0.489 e. The van der Waals surface area contributed by atoms with Gasteiger partial charge in [-0.3, -0.25) is 33.9 Å². The summed E-state index contributed by atoms with van der Waals surface area (Å²) < 4.78 is 40.6. The third kappa shape index (κ3) is 16.4. The first kappa shape index (κ1) is 58.6. The number of nitrogens with zero attached hydrogens (tertiary/aromatic N) is 3. The highest BCUT2D eigenvalue weighted by Gasteiger charge is 2.41. The molecule has 6 rings (SSSR count). The van der Waals surface area contributed by atoms with E-state index >= 15 is 0 Å². The molecular weight excluding hydrogens is 1000 g/mol. The smallest absolute Gasteiger partial charge is 0.339 e. The Morgan fingerprint density at radius 2 is 1.67 bits per heavy atom. The number of para-hydroxylation sites is 3. The molecule has 3 atom stereocenters. The molecule has 22 heteroatoms. The van der Waals surface area contributed by atoms with Crippen LogP contribution in [-0.4, -0.2) is 107 Å². The van der Waals surface area contributed by atoms with E-state index < -0.39 is 55.0 Å². The third-order valence-electron chi connectivity index (χ3n) is 10.4. The van der Waals surface area contributed by atoms with E-state index in [0.717, 1.165) is 52.7 Å². The molecule has 0 spiro atoms. The van der Waals surface area contributed by atoms with Crippen molar-refractivity contribution in [2.45, 2.75) is 89.7 Å². The Morgan fingerprint density at radius 1 is 1.04 bits per heavy atom. The third-order valence-corrected chi connectivity index (χ3v) is 11.9. The van der Waals surface area contributed by atoms with E-state index in [0.29, 0.717) is 43.0 Å². The number of nitrogens with one attached hydrogen (secondary N) is 1. The van der Waals surface area contributed by atoms with Crippen LogP contribution in [0.1, 0.15) is 64.5 Å². The maximum Gasteiger partial charge on any atom is 0.339 e. The van der Waals surface area contributed by atoms with Gasteiger partial charge in [0.05, 0.1) is 53.6 Å². The highest BCUT2D eigenvalue weighted by molar-refractivity contribution is 7.51. The molecule has 3 aliphatic rings. The summed E-state index contributed by atoms with van der Waals surface area (Å²) in [6.07, 6.45) is 7.75. The predicted octanol–water partition coefficient (Wildman–Crippen LogP) is 8.19. The van der Waals surface area contributed by atoms with Crippen molar-refractivity contribution >= 4 is 101 Å². The van der Waals surface area contributed by atoms with E-state index in [9.17, 15) is 32.9 Å². The molecule has 3 aromatic rings. The second-order valence-corrected chi connectivity index (χ2v) is 19.1. The number of carbonyl (C=O) groups excluding carboxylic acids is 4. The Hall–Kier alpha value is -4.73. The Kier molecular flexibility index (Phi) is 23.4. The number of aryl methyl sites for hydroxylation is 2. The Labute approximate surface area is 421 Å². The molecule has 2 aliphatic heterocycles. The zero-order valence-corrected chi connectivity index (χ0v) is 42.8. The number of carboxylic acid groups (broad SMARTS) is 1. The standard InChI is InChI=1S/C18H15ClFNO3.C15H22ClNO2.C11H11Cl2NO2.C3H8NO5P/c1-3-10(2)24-16-9-15(14(20)8-13(16)19)21-17(22)11-6-4-5-7-12(11)18(21)23;1-5-13-8-6-7-11(2)15(13)17(14(18)9-16)12(3)10-19-4;1-7-6-16-9-5-3-2-4-8(9)14(7)11(15)10(12)13;5-3(6)1-4-2-10(7,8)9/h1,8-10H,4-7H2,2H3;6-8,12H,5,9-10H2,1-4H3;2-5,7,10H,6H2,1H3;4H,1-2H2,(H,5,6)(H2,7,8,9). The van der Waals surface area contributed by atoms with Gasteiger partial charge in [0, 0.05) is 24.3 Å². The summed E-state index contributed by atoms with van der Waals surface area (Å²) in [5, 5.41) is 10.1. The molecule has 0 saturated heterocycles. The number of amides is 4. The maximum absolute atomic E-state index is 14.4. The van der Waals surface area contributed by atoms with Crippen molar-refractivity contribution in [1.82, 2.24) is 5.32 Å². The average molecular weight is 1060 g/mol. The summed E-state index contributed by atoms with van der Waals surface area (Å²) in [7, 11) is -2.46. The zero-order valence-electron chi connectivity index (χ0n) is 38.8. The number of imide groups is 1. The van der Waals surface area contributed by atoms with Crippen LogP contribution in [0.3, 0.4) is 0 Å². The number of terminal acetylenes is 1. The van der Waals surface area contributed by atoms with Crippen LogP contribution in [0.5, 0.6) is 11.5 Å². The number of carboxylic acids is 1. The lowest BCUT2D eigenvalue weighted by Gasteiger charge is -2.35. The largest absolute Gasteiger partial charge is 0.489 e. The van der Waals surface area contributed by atoms with Gasteiger partial charge in [-0.15, -0.1) is 18.0 Å². The van der Waals surface area contributed by atoms with Crippen molar-refractivity contribution in [2.75, 3.05) is 53.7 Å². The number of halogens is 5. The summed E-state index contributed by atoms with van der Waals surface area (Å²) >= 11 is 23.0. The Bertz CT molecular complexity index is 2420. The summed E-state index contributed by atoms with van der Waals surface area (Å²) in [5.74, 6) is -0.0778. The van der Waals surface area contributed by atoms with E-state index in [4.69, 9.17) is 81.9 Å². The van der Waals surface area contributed by atoms with Gasteiger partial charge >= 0.3 is 13.6 Å². The monoisotopic (exact) mass is 1060 g/mol. The van der Waals surface area contributed by atoms with E-state index in [1.54, 1.807) is 23.8 Å². The van der Waals surface area contributed by atoms with Crippen LogP contribution in [-0.2, 0) is 39.7 Å². The van der Waals surface area contributed by atoms with Crippen LogP contribution >= 0.6 is 54.0 Å². The lowest BCUT2D eigenvalue weighted by atomic mass is 9.93. The van der Waals surface area contributed by atoms with Crippen LogP contribution < -0.4 is 29.5 Å². The van der Waals surface area contributed by atoms with Gasteiger partial charge in [-0.05, 0) is 89.1 Å². The summed E-state index contributed by atoms with van der Waals surface area (Å²) in [4.78, 5) is 78.5. The van der Waals surface area contributed by atoms with Gasteiger partial charge in [0.25, 0.3) is 17.7 Å². The van der Waals surface area contributed by atoms with Gasteiger partial charge in [0.1, 0.15) is 29.8 Å². The predicted molar refractivity (Wildman–Crippen MR) is 265 cm³/mol. The molecule has 0 bridgehead atoms. The van der Waals surface area contributed by atoms with Crippen molar-refractivity contribution in [3.8, 4) is 23.8 Å². The molecule has 3 unspecified atom stereocenters. The second-order valence-electron chi connectivity index (χ2n) is 15.7. The lowest BCUT2D eigenvalue weighted by molar-refractivity contribution is -0.136. The van der Waals surface area contributed by atoms with Crippen molar-refractivity contribution in [2.24, 2.45) is 0 Å².